The van der Waals surface area contributed by atoms with E-state index in [-0.39, 0.29) is 0 Å². The van der Waals surface area contributed by atoms with E-state index in [1.54, 1.807) is 0 Å². The van der Waals surface area contributed by atoms with Crippen molar-refractivity contribution in [3.63, 3.8) is 0 Å². The maximum atomic E-state index is 5.80. The van der Waals surface area contributed by atoms with Crippen LogP contribution in [0.3, 0.4) is 0 Å². The van der Waals surface area contributed by atoms with Crippen LogP contribution in [0.25, 0.3) is 0 Å². The molecule has 0 aliphatic carbocycles. The summed E-state index contributed by atoms with van der Waals surface area (Å²) >= 11 is 0. The smallest absolute Gasteiger partial charge is 0.124 e. The van der Waals surface area contributed by atoms with E-state index < -0.39 is 0 Å². The highest BCUT2D eigenvalue weighted by Crippen LogP contribution is 2.32. The van der Waals surface area contributed by atoms with Gasteiger partial charge in [0.05, 0.1) is 6.61 Å². The summed E-state index contributed by atoms with van der Waals surface area (Å²) in [6, 6.07) is 8.97. The molecule has 0 saturated carbocycles. The van der Waals surface area contributed by atoms with Crippen LogP contribution in [-0.4, -0.2) is 37.7 Å². The van der Waals surface area contributed by atoms with E-state index in [0.717, 1.165) is 38.4 Å². The number of hydrogen-bond donors (Lipinski definition) is 1. The third kappa shape index (κ3) is 3.71. The monoisotopic (exact) mass is 262 g/mol. The summed E-state index contributed by atoms with van der Waals surface area (Å²) in [5.74, 6) is 1.05. The second-order valence-corrected chi connectivity index (χ2v) is 5.03. The Hall–Kier alpha value is -1.06. The number of para-hydroxylation sites is 1. The highest BCUT2D eigenvalue weighted by atomic mass is 16.5. The van der Waals surface area contributed by atoms with Crippen LogP contribution in [0.1, 0.15) is 38.3 Å². The van der Waals surface area contributed by atoms with Crippen LogP contribution in [-0.2, 0) is 0 Å². The Labute approximate surface area is 116 Å². The van der Waals surface area contributed by atoms with Gasteiger partial charge < -0.3 is 10.1 Å². The number of hydrogen-bond acceptors (Lipinski definition) is 3. The summed E-state index contributed by atoms with van der Waals surface area (Å²) in [7, 11) is 0. The summed E-state index contributed by atoms with van der Waals surface area (Å²) in [6.45, 7) is 9.58. The van der Waals surface area contributed by atoms with Crippen LogP contribution in [0.4, 0.5) is 0 Å². The van der Waals surface area contributed by atoms with Gasteiger partial charge in [-0.1, -0.05) is 25.1 Å². The van der Waals surface area contributed by atoms with Crippen LogP contribution in [0.15, 0.2) is 24.3 Å². The molecule has 1 fully saturated rings. The van der Waals surface area contributed by atoms with E-state index in [2.05, 4.69) is 41.4 Å². The molecule has 1 aliphatic rings. The molecule has 1 aromatic rings. The Morgan fingerprint density at radius 1 is 1.21 bits per heavy atom. The Morgan fingerprint density at radius 3 is 2.84 bits per heavy atom. The molecule has 2 rings (SSSR count). The lowest BCUT2D eigenvalue weighted by molar-refractivity contribution is 0.199. The molecular formula is C16H26N2O. The molecule has 1 saturated heterocycles. The molecule has 1 N–H and O–H groups in total. The van der Waals surface area contributed by atoms with Crippen molar-refractivity contribution >= 4 is 0 Å². The molecule has 0 amide bonds. The standard InChI is InChI=1S/C16H26N2O/c1-3-15(18-12-7-10-17-11-13-18)14-8-5-6-9-16(14)19-4-2/h5-6,8-9,15,17H,3-4,7,10-13H2,1-2H3. The lowest BCUT2D eigenvalue weighted by Crippen LogP contribution is -2.32. The van der Waals surface area contributed by atoms with Gasteiger partial charge in [0.25, 0.3) is 0 Å². The molecule has 1 aliphatic heterocycles. The minimum Gasteiger partial charge on any atom is -0.494 e. The van der Waals surface area contributed by atoms with E-state index in [1.165, 1.54) is 18.5 Å². The molecule has 1 aromatic carbocycles. The van der Waals surface area contributed by atoms with Gasteiger partial charge in [-0.25, -0.2) is 0 Å². The van der Waals surface area contributed by atoms with Crippen molar-refractivity contribution in [3.05, 3.63) is 29.8 Å². The predicted octanol–water partition coefficient (Wildman–Crippen LogP) is 2.83. The van der Waals surface area contributed by atoms with E-state index >= 15 is 0 Å². The molecule has 0 radical (unpaired) electrons. The van der Waals surface area contributed by atoms with Crippen molar-refractivity contribution in [2.24, 2.45) is 0 Å². The molecule has 106 valence electrons. The van der Waals surface area contributed by atoms with Gasteiger partial charge in [-0.3, -0.25) is 4.90 Å². The van der Waals surface area contributed by atoms with Crippen molar-refractivity contribution in [2.45, 2.75) is 32.7 Å². The molecule has 19 heavy (non-hydrogen) atoms. The maximum absolute atomic E-state index is 5.80. The van der Waals surface area contributed by atoms with Crippen LogP contribution >= 0.6 is 0 Å². The zero-order chi connectivity index (χ0) is 13.5. The molecule has 3 heteroatoms. The van der Waals surface area contributed by atoms with Crippen molar-refractivity contribution < 1.29 is 4.74 Å². The van der Waals surface area contributed by atoms with Crippen molar-refractivity contribution in [3.8, 4) is 5.75 Å². The van der Waals surface area contributed by atoms with Crippen LogP contribution in [0, 0.1) is 0 Å². The second kappa shape index (κ2) is 7.51. The predicted molar refractivity (Wildman–Crippen MR) is 79.7 cm³/mol. The lowest BCUT2D eigenvalue weighted by atomic mass is 10.0. The summed E-state index contributed by atoms with van der Waals surface area (Å²) in [5.41, 5.74) is 1.34. The number of nitrogens with one attached hydrogen (secondary N) is 1. The van der Waals surface area contributed by atoms with Gasteiger partial charge >= 0.3 is 0 Å². The average molecular weight is 262 g/mol. The average Bonchev–Trinajstić information content (AvgIpc) is 2.71. The topological polar surface area (TPSA) is 24.5 Å². The number of ether oxygens (including phenoxy) is 1. The third-order valence-electron chi connectivity index (χ3n) is 3.78. The van der Waals surface area contributed by atoms with Crippen molar-refractivity contribution in [2.75, 3.05) is 32.8 Å². The Bertz CT molecular complexity index is 373. The van der Waals surface area contributed by atoms with E-state index in [1.807, 2.05) is 6.92 Å². The summed E-state index contributed by atoms with van der Waals surface area (Å²) < 4.78 is 5.80. The lowest BCUT2D eigenvalue weighted by Gasteiger charge is -2.31. The van der Waals surface area contributed by atoms with Gasteiger partial charge in [0.2, 0.25) is 0 Å². The van der Waals surface area contributed by atoms with Gasteiger partial charge in [-0.05, 0) is 32.4 Å². The SMILES string of the molecule is CCOc1ccccc1C(CC)N1CCCNCC1. The van der Waals surface area contributed by atoms with Crippen LogP contribution < -0.4 is 10.1 Å². The molecule has 1 atom stereocenters. The summed E-state index contributed by atoms with van der Waals surface area (Å²) in [4.78, 5) is 2.60. The minimum atomic E-state index is 0.475. The fraction of sp³-hybridized carbons (Fsp3) is 0.625. The molecule has 0 aromatic heterocycles. The normalized spacial score (nSPS) is 18.8. The van der Waals surface area contributed by atoms with Gasteiger partial charge in [-0.2, -0.15) is 0 Å². The van der Waals surface area contributed by atoms with E-state index in [9.17, 15) is 0 Å². The van der Waals surface area contributed by atoms with Crippen molar-refractivity contribution in [1.82, 2.24) is 10.2 Å². The zero-order valence-electron chi connectivity index (χ0n) is 12.2. The Kier molecular flexibility index (Phi) is 5.67. The van der Waals surface area contributed by atoms with Gasteiger partial charge in [0, 0.05) is 31.2 Å². The summed E-state index contributed by atoms with van der Waals surface area (Å²) in [6.07, 6.45) is 2.36. The summed E-state index contributed by atoms with van der Waals surface area (Å²) in [5, 5.41) is 3.47. The minimum absolute atomic E-state index is 0.475. The largest absolute Gasteiger partial charge is 0.494 e. The Balaban J connectivity index is 2.20. The first-order valence-corrected chi connectivity index (χ1v) is 7.53. The molecule has 0 bridgehead atoms. The zero-order valence-corrected chi connectivity index (χ0v) is 12.2. The van der Waals surface area contributed by atoms with Crippen LogP contribution in [0.5, 0.6) is 5.75 Å². The fourth-order valence-corrected chi connectivity index (χ4v) is 2.90. The third-order valence-corrected chi connectivity index (χ3v) is 3.78. The highest BCUT2D eigenvalue weighted by molar-refractivity contribution is 5.36. The van der Waals surface area contributed by atoms with E-state index in [0.29, 0.717) is 6.04 Å². The first-order chi connectivity index (χ1) is 9.36. The molecule has 3 nitrogen and oxygen atoms in total. The van der Waals surface area contributed by atoms with Crippen molar-refractivity contribution in [1.29, 1.82) is 0 Å². The number of rotatable bonds is 5. The molecule has 1 unspecified atom stereocenters. The van der Waals surface area contributed by atoms with Crippen LogP contribution in [0.2, 0.25) is 0 Å². The molecule has 0 spiro atoms. The quantitative estimate of drug-likeness (QED) is 0.883. The number of nitrogens with zero attached hydrogens (tertiary/aromatic N) is 1. The van der Waals surface area contributed by atoms with Gasteiger partial charge in [0.15, 0.2) is 0 Å². The molecular weight excluding hydrogens is 236 g/mol. The van der Waals surface area contributed by atoms with E-state index in [4.69, 9.17) is 4.74 Å². The highest BCUT2D eigenvalue weighted by Gasteiger charge is 2.22. The van der Waals surface area contributed by atoms with Gasteiger partial charge in [-0.15, -0.1) is 0 Å². The van der Waals surface area contributed by atoms with Gasteiger partial charge in [0.1, 0.15) is 5.75 Å². The second-order valence-electron chi connectivity index (χ2n) is 5.03. The fourth-order valence-electron chi connectivity index (χ4n) is 2.90. The first kappa shape index (κ1) is 14.4. The Morgan fingerprint density at radius 2 is 2.05 bits per heavy atom. The maximum Gasteiger partial charge on any atom is 0.124 e. The molecule has 1 heterocycles. The first-order valence-electron chi connectivity index (χ1n) is 7.53. The number of benzene rings is 1.